The van der Waals surface area contributed by atoms with Gasteiger partial charge in [0, 0.05) is 51.5 Å². The van der Waals surface area contributed by atoms with Gasteiger partial charge in [-0.05, 0) is 38.3 Å². The van der Waals surface area contributed by atoms with Crippen molar-refractivity contribution >= 4 is 21.7 Å². The first-order chi connectivity index (χ1) is 14.9. The van der Waals surface area contributed by atoms with Crippen molar-refractivity contribution in [3.8, 4) is 0 Å². The largest absolute Gasteiger partial charge is 0.354 e. The normalized spacial score (nSPS) is 19.8. The zero-order valence-electron chi connectivity index (χ0n) is 18.9. The van der Waals surface area contributed by atoms with Crippen molar-refractivity contribution in [2.24, 2.45) is 0 Å². The lowest BCUT2D eigenvalue weighted by molar-refractivity contribution is -0.132. The molecule has 0 aliphatic carbocycles. The number of nitrogens with zero attached hydrogens (tertiary/aromatic N) is 4. The summed E-state index contributed by atoms with van der Waals surface area (Å²) in [4.78, 5) is 23.6. The lowest BCUT2D eigenvalue weighted by atomic mass is 10.2. The van der Waals surface area contributed by atoms with Gasteiger partial charge in [-0.25, -0.2) is 18.1 Å². The summed E-state index contributed by atoms with van der Waals surface area (Å²) in [6.45, 7) is 9.34. The Hall–Kier alpha value is -1.71. The maximum atomic E-state index is 12.6. The zero-order valence-corrected chi connectivity index (χ0v) is 19.7. The third-order valence-corrected chi connectivity index (χ3v) is 7.70. The van der Waals surface area contributed by atoms with Crippen LogP contribution in [0.4, 0.5) is 5.82 Å². The van der Waals surface area contributed by atoms with Crippen LogP contribution < -0.4 is 9.62 Å². The summed E-state index contributed by atoms with van der Waals surface area (Å²) in [6, 6.07) is 3.30. The summed E-state index contributed by atoms with van der Waals surface area (Å²) in [5.74, 6) is 1.02. The predicted octanol–water partition coefficient (Wildman–Crippen LogP) is 2.07. The molecule has 2 fully saturated rings. The van der Waals surface area contributed by atoms with Crippen LogP contribution in [0.2, 0.25) is 0 Å². The minimum Gasteiger partial charge on any atom is -0.354 e. The maximum absolute atomic E-state index is 12.6. The molecular formula is C22H37N5O3S. The van der Waals surface area contributed by atoms with E-state index in [-0.39, 0.29) is 16.8 Å². The van der Waals surface area contributed by atoms with Crippen LogP contribution in [-0.2, 0) is 14.8 Å². The number of hydrogen-bond donors (Lipinski definition) is 1. The molecule has 0 bridgehead atoms. The highest BCUT2D eigenvalue weighted by Gasteiger charge is 2.24. The number of pyridine rings is 1. The van der Waals surface area contributed by atoms with Crippen LogP contribution in [0.25, 0.3) is 0 Å². The zero-order chi connectivity index (χ0) is 22.3. The summed E-state index contributed by atoms with van der Waals surface area (Å²) in [5, 5.41) is 0. The predicted molar refractivity (Wildman–Crippen MR) is 123 cm³/mol. The molecule has 3 rings (SSSR count). The fourth-order valence-electron chi connectivity index (χ4n) is 4.29. The van der Waals surface area contributed by atoms with Crippen molar-refractivity contribution in [1.82, 2.24) is 19.5 Å². The van der Waals surface area contributed by atoms with Gasteiger partial charge in [-0.15, -0.1) is 0 Å². The molecule has 3 heterocycles. The van der Waals surface area contributed by atoms with Gasteiger partial charge in [-0.1, -0.05) is 26.2 Å². The third-order valence-electron chi connectivity index (χ3n) is 6.12. The Morgan fingerprint density at radius 1 is 1.06 bits per heavy atom. The highest BCUT2D eigenvalue weighted by atomic mass is 32.2. The summed E-state index contributed by atoms with van der Waals surface area (Å²) in [5.41, 5.74) is 0. The lowest BCUT2D eigenvalue weighted by Crippen LogP contribution is -2.50. The first kappa shape index (κ1) is 23.9. The second-order valence-electron chi connectivity index (χ2n) is 8.72. The molecule has 1 unspecified atom stereocenters. The summed E-state index contributed by atoms with van der Waals surface area (Å²) in [6.07, 6.45) is 7.85. The molecule has 1 aromatic heterocycles. The number of hydrogen-bond acceptors (Lipinski definition) is 6. The number of rotatable bonds is 8. The molecule has 2 aliphatic rings. The summed E-state index contributed by atoms with van der Waals surface area (Å²) < 4.78 is 27.7. The molecule has 8 nitrogen and oxygen atoms in total. The van der Waals surface area contributed by atoms with Gasteiger partial charge in [-0.2, -0.15) is 0 Å². The average Bonchev–Trinajstić information content (AvgIpc) is 3.04. The molecule has 1 atom stereocenters. The topological polar surface area (TPSA) is 85.8 Å². The first-order valence-corrected chi connectivity index (χ1v) is 13.1. The molecule has 0 saturated carbocycles. The number of anilines is 1. The van der Waals surface area contributed by atoms with Gasteiger partial charge < -0.3 is 9.80 Å². The van der Waals surface area contributed by atoms with Crippen LogP contribution in [0.5, 0.6) is 0 Å². The Bertz CT molecular complexity index is 799. The van der Waals surface area contributed by atoms with Gasteiger partial charge in [0.05, 0.1) is 6.54 Å². The maximum Gasteiger partial charge on any atom is 0.242 e. The molecular weight excluding hydrogens is 414 g/mol. The van der Waals surface area contributed by atoms with Gasteiger partial charge in [0.2, 0.25) is 15.9 Å². The number of nitrogens with one attached hydrogen (secondary N) is 1. The van der Waals surface area contributed by atoms with E-state index in [0.717, 1.165) is 70.8 Å². The van der Waals surface area contributed by atoms with Crippen LogP contribution >= 0.6 is 0 Å². The quantitative estimate of drug-likeness (QED) is 0.651. The molecule has 1 amide bonds. The van der Waals surface area contributed by atoms with Crippen molar-refractivity contribution in [1.29, 1.82) is 0 Å². The number of carbonyl (C=O) groups is 1. The van der Waals surface area contributed by atoms with E-state index in [4.69, 9.17) is 0 Å². The van der Waals surface area contributed by atoms with Crippen molar-refractivity contribution in [2.75, 3.05) is 50.7 Å². The van der Waals surface area contributed by atoms with Crippen molar-refractivity contribution in [2.45, 2.75) is 63.3 Å². The van der Waals surface area contributed by atoms with Gasteiger partial charge in [-0.3, -0.25) is 9.69 Å². The first-order valence-electron chi connectivity index (χ1n) is 11.6. The summed E-state index contributed by atoms with van der Waals surface area (Å²) >= 11 is 0. The Morgan fingerprint density at radius 3 is 2.32 bits per heavy atom. The number of piperazine rings is 1. The van der Waals surface area contributed by atoms with E-state index in [9.17, 15) is 13.2 Å². The Balaban J connectivity index is 1.50. The second kappa shape index (κ2) is 11.2. The van der Waals surface area contributed by atoms with Crippen LogP contribution in [-0.4, -0.2) is 81.0 Å². The van der Waals surface area contributed by atoms with Gasteiger partial charge in [0.15, 0.2) is 0 Å². The minimum atomic E-state index is -3.55. The van der Waals surface area contributed by atoms with E-state index in [2.05, 4.69) is 19.5 Å². The number of aromatic nitrogens is 1. The minimum absolute atomic E-state index is 0.0974. The van der Waals surface area contributed by atoms with Gasteiger partial charge >= 0.3 is 0 Å². The molecule has 1 aromatic rings. The Morgan fingerprint density at radius 2 is 1.74 bits per heavy atom. The fraction of sp³-hybridized carbons (Fsp3) is 0.727. The van der Waals surface area contributed by atoms with Crippen molar-refractivity contribution in [3.63, 3.8) is 0 Å². The molecule has 0 spiro atoms. The van der Waals surface area contributed by atoms with E-state index >= 15 is 0 Å². The molecule has 174 valence electrons. The molecule has 2 aliphatic heterocycles. The monoisotopic (exact) mass is 451 g/mol. The highest BCUT2D eigenvalue weighted by Crippen LogP contribution is 2.17. The van der Waals surface area contributed by atoms with E-state index in [1.165, 1.54) is 19.0 Å². The number of sulfonamides is 1. The number of amides is 1. The second-order valence-corrected chi connectivity index (χ2v) is 10.4. The van der Waals surface area contributed by atoms with Gasteiger partial charge in [0.1, 0.15) is 10.7 Å². The molecule has 2 saturated heterocycles. The summed E-state index contributed by atoms with van der Waals surface area (Å²) in [7, 11) is -3.55. The molecule has 31 heavy (non-hydrogen) atoms. The van der Waals surface area contributed by atoms with E-state index in [0.29, 0.717) is 6.54 Å². The average molecular weight is 452 g/mol. The van der Waals surface area contributed by atoms with Crippen LogP contribution in [0.1, 0.15) is 52.4 Å². The van der Waals surface area contributed by atoms with Crippen LogP contribution in [0, 0.1) is 0 Å². The van der Waals surface area contributed by atoms with E-state index in [1.807, 2.05) is 18.7 Å². The van der Waals surface area contributed by atoms with Gasteiger partial charge in [0.25, 0.3) is 0 Å². The fourth-order valence-corrected chi connectivity index (χ4v) is 5.51. The molecule has 9 heteroatoms. The van der Waals surface area contributed by atoms with Crippen molar-refractivity contribution in [3.05, 3.63) is 18.3 Å². The molecule has 0 aromatic carbocycles. The highest BCUT2D eigenvalue weighted by molar-refractivity contribution is 7.89. The van der Waals surface area contributed by atoms with Crippen LogP contribution in [0.3, 0.4) is 0 Å². The van der Waals surface area contributed by atoms with Crippen molar-refractivity contribution < 1.29 is 13.2 Å². The Kier molecular flexibility index (Phi) is 8.68. The SMILES string of the molecule is CCCC(C)NS(=O)(=O)c1ccc(N2CCN(CC(=O)N3CCCCCC3)CC2)nc1. The number of likely N-dealkylation sites (tertiary alicyclic amines) is 1. The lowest BCUT2D eigenvalue weighted by Gasteiger charge is -2.36. The molecule has 1 N–H and O–H groups in total. The van der Waals surface area contributed by atoms with Crippen LogP contribution in [0.15, 0.2) is 23.2 Å². The smallest absolute Gasteiger partial charge is 0.242 e. The number of carbonyl (C=O) groups excluding carboxylic acids is 1. The third kappa shape index (κ3) is 6.89. The van der Waals surface area contributed by atoms with E-state index in [1.54, 1.807) is 12.1 Å². The Labute approximate surface area is 187 Å². The standard InChI is InChI=1S/C22H37N5O3S/c1-3-8-19(2)24-31(29,30)20-9-10-21(23-17-20)26-15-13-25(14-16-26)18-22(28)27-11-6-4-5-7-12-27/h9-10,17,19,24H,3-8,11-16,18H2,1-2H3. The molecule has 0 radical (unpaired) electrons. The van der Waals surface area contributed by atoms with E-state index < -0.39 is 10.0 Å².